The predicted octanol–water partition coefficient (Wildman–Crippen LogP) is 4.53. The molecule has 2 nitrogen and oxygen atoms in total. The summed E-state index contributed by atoms with van der Waals surface area (Å²) in [4.78, 5) is 11.9. The highest BCUT2D eigenvalue weighted by Gasteiger charge is 2.10. The highest BCUT2D eigenvalue weighted by molar-refractivity contribution is 9.09. The summed E-state index contributed by atoms with van der Waals surface area (Å²) >= 11 is 15.2. The number of hydrogen-bond acceptors (Lipinski definition) is 1. The molecule has 1 N–H and O–H groups in total. The first kappa shape index (κ1) is 15.8. The molecule has 0 aromatic heterocycles. The van der Waals surface area contributed by atoms with Crippen LogP contribution in [0.15, 0.2) is 18.2 Å². The van der Waals surface area contributed by atoms with Crippen molar-refractivity contribution < 1.29 is 4.79 Å². The molecule has 0 saturated heterocycles. The highest BCUT2D eigenvalue weighted by Crippen LogP contribution is 2.20. The molecule has 1 amide bonds. The van der Waals surface area contributed by atoms with Crippen LogP contribution in [0.2, 0.25) is 10.0 Å². The Hall–Kier alpha value is -0.250. The third-order valence-corrected chi connectivity index (χ3v) is 4.27. The van der Waals surface area contributed by atoms with Gasteiger partial charge in [-0.2, -0.15) is 0 Å². The zero-order chi connectivity index (χ0) is 13.5. The average molecular weight is 353 g/mol. The van der Waals surface area contributed by atoms with Crippen molar-refractivity contribution >= 4 is 45.0 Å². The Bertz CT molecular complexity index is 412. The van der Waals surface area contributed by atoms with Crippen molar-refractivity contribution in [1.29, 1.82) is 0 Å². The van der Waals surface area contributed by atoms with Gasteiger partial charge in [0.2, 0.25) is 0 Å². The molecule has 5 heteroatoms. The van der Waals surface area contributed by atoms with Gasteiger partial charge in [0.05, 0.1) is 10.6 Å². The normalized spacial score (nSPS) is 12.2. The molecule has 0 aliphatic carbocycles. The van der Waals surface area contributed by atoms with Gasteiger partial charge < -0.3 is 5.32 Å². The molecule has 0 fully saturated rings. The van der Waals surface area contributed by atoms with Crippen LogP contribution in [0.5, 0.6) is 0 Å². The van der Waals surface area contributed by atoms with Gasteiger partial charge in [-0.3, -0.25) is 4.79 Å². The lowest BCUT2D eigenvalue weighted by atomic mass is 10.1. The number of alkyl halides is 1. The SMILES string of the molecule is CC(CBr)CCCNC(=O)c1cc(Cl)ccc1Cl. The Morgan fingerprint density at radius 2 is 2.17 bits per heavy atom. The van der Waals surface area contributed by atoms with Crippen LogP contribution in [0.25, 0.3) is 0 Å². The van der Waals surface area contributed by atoms with Crippen molar-refractivity contribution in [1.82, 2.24) is 5.32 Å². The number of benzene rings is 1. The van der Waals surface area contributed by atoms with Gasteiger partial charge in [-0.1, -0.05) is 46.1 Å². The fourth-order valence-electron chi connectivity index (χ4n) is 1.50. The lowest BCUT2D eigenvalue weighted by Gasteiger charge is -2.09. The Balaban J connectivity index is 2.43. The van der Waals surface area contributed by atoms with Gasteiger partial charge in [0.25, 0.3) is 5.91 Å². The minimum absolute atomic E-state index is 0.172. The van der Waals surface area contributed by atoms with E-state index < -0.39 is 0 Å². The Morgan fingerprint density at radius 3 is 2.83 bits per heavy atom. The topological polar surface area (TPSA) is 29.1 Å². The number of amides is 1. The second-order valence-electron chi connectivity index (χ2n) is 4.28. The number of halogens is 3. The summed E-state index contributed by atoms with van der Waals surface area (Å²) in [7, 11) is 0. The largest absolute Gasteiger partial charge is 0.352 e. The summed E-state index contributed by atoms with van der Waals surface area (Å²) in [5.41, 5.74) is 0.428. The second-order valence-corrected chi connectivity index (χ2v) is 5.77. The van der Waals surface area contributed by atoms with E-state index in [1.165, 1.54) is 0 Å². The van der Waals surface area contributed by atoms with E-state index in [4.69, 9.17) is 23.2 Å². The zero-order valence-electron chi connectivity index (χ0n) is 10.2. The number of carbonyl (C=O) groups excluding carboxylic acids is 1. The molecule has 0 radical (unpaired) electrons. The summed E-state index contributed by atoms with van der Waals surface area (Å²) in [5.74, 6) is 0.450. The van der Waals surface area contributed by atoms with Crippen LogP contribution in [-0.2, 0) is 0 Å². The molecule has 1 unspecified atom stereocenters. The first-order valence-electron chi connectivity index (χ1n) is 5.83. The number of carbonyl (C=O) groups is 1. The fraction of sp³-hybridized carbons (Fsp3) is 0.462. The highest BCUT2D eigenvalue weighted by atomic mass is 79.9. The summed E-state index contributed by atoms with van der Waals surface area (Å²) in [5, 5.41) is 4.77. The Morgan fingerprint density at radius 1 is 1.44 bits per heavy atom. The maximum absolute atomic E-state index is 11.9. The van der Waals surface area contributed by atoms with Gasteiger partial charge in [0.15, 0.2) is 0 Å². The summed E-state index contributed by atoms with van der Waals surface area (Å²) in [6.07, 6.45) is 2.03. The van der Waals surface area contributed by atoms with E-state index in [2.05, 4.69) is 28.2 Å². The van der Waals surface area contributed by atoms with Gasteiger partial charge in [-0.05, 0) is 37.0 Å². The van der Waals surface area contributed by atoms with Gasteiger partial charge in [-0.25, -0.2) is 0 Å². The quantitative estimate of drug-likeness (QED) is 0.591. The van der Waals surface area contributed by atoms with E-state index in [0.29, 0.717) is 28.1 Å². The van der Waals surface area contributed by atoms with Crippen LogP contribution < -0.4 is 5.32 Å². The van der Waals surface area contributed by atoms with Crippen molar-refractivity contribution in [2.75, 3.05) is 11.9 Å². The number of rotatable bonds is 6. The summed E-state index contributed by atoms with van der Waals surface area (Å²) < 4.78 is 0. The smallest absolute Gasteiger partial charge is 0.252 e. The Labute approximate surface area is 126 Å². The van der Waals surface area contributed by atoms with Crippen LogP contribution in [0, 0.1) is 5.92 Å². The lowest BCUT2D eigenvalue weighted by Crippen LogP contribution is -2.25. The summed E-state index contributed by atoms with van der Waals surface area (Å²) in [6, 6.07) is 4.88. The number of nitrogens with one attached hydrogen (secondary N) is 1. The number of hydrogen-bond donors (Lipinski definition) is 1. The molecule has 0 aliphatic rings. The third kappa shape index (κ3) is 5.17. The van der Waals surface area contributed by atoms with Crippen LogP contribution in [0.1, 0.15) is 30.1 Å². The van der Waals surface area contributed by atoms with Crippen LogP contribution in [0.4, 0.5) is 0 Å². The minimum Gasteiger partial charge on any atom is -0.352 e. The van der Waals surface area contributed by atoms with Crippen LogP contribution in [0.3, 0.4) is 0 Å². The van der Waals surface area contributed by atoms with Crippen molar-refractivity contribution in [2.45, 2.75) is 19.8 Å². The molecule has 0 spiro atoms. The van der Waals surface area contributed by atoms with Crippen LogP contribution in [-0.4, -0.2) is 17.8 Å². The van der Waals surface area contributed by atoms with Gasteiger partial charge in [0, 0.05) is 16.9 Å². The van der Waals surface area contributed by atoms with Crippen molar-refractivity contribution in [3.05, 3.63) is 33.8 Å². The molecule has 0 aliphatic heterocycles. The molecular formula is C13H16BrCl2NO. The maximum Gasteiger partial charge on any atom is 0.252 e. The molecule has 1 aromatic carbocycles. The molecule has 1 aromatic rings. The minimum atomic E-state index is -0.172. The van der Waals surface area contributed by atoms with E-state index in [0.717, 1.165) is 18.2 Å². The molecule has 1 rings (SSSR count). The molecule has 0 bridgehead atoms. The van der Waals surface area contributed by atoms with Crippen LogP contribution >= 0.6 is 39.1 Å². The second kappa shape index (κ2) is 8.03. The zero-order valence-corrected chi connectivity index (χ0v) is 13.3. The average Bonchev–Trinajstić information content (AvgIpc) is 2.36. The van der Waals surface area contributed by atoms with E-state index in [-0.39, 0.29) is 5.91 Å². The first-order chi connectivity index (χ1) is 8.54. The standard InChI is InChI=1S/C13H16BrCl2NO/c1-9(8-14)3-2-6-17-13(18)11-7-10(15)4-5-12(11)16/h4-5,7,9H,2-3,6,8H2,1H3,(H,17,18). The third-order valence-electron chi connectivity index (χ3n) is 2.60. The Kier molecular flexibility index (Phi) is 7.05. The fourth-order valence-corrected chi connectivity index (χ4v) is 2.20. The van der Waals surface area contributed by atoms with Gasteiger partial charge >= 0.3 is 0 Å². The predicted molar refractivity (Wildman–Crippen MR) is 81.0 cm³/mol. The summed E-state index contributed by atoms with van der Waals surface area (Å²) in [6.45, 7) is 2.82. The maximum atomic E-state index is 11.9. The molecular weight excluding hydrogens is 337 g/mol. The van der Waals surface area contributed by atoms with Gasteiger partial charge in [0.1, 0.15) is 0 Å². The molecule has 0 saturated carbocycles. The van der Waals surface area contributed by atoms with Gasteiger partial charge in [-0.15, -0.1) is 0 Å². The molecule has 1 atom stereocenters. The molecule has 18 heavy (non-hydrogen) atoms. The van der Waals surface area contributed by atoms with E-state index in [9.17, 15) is 4.79 Å². The van der Waals surface area contributed by atoms with Crippen molar-refractivity contribution in [2.24, 2.45) is 5.92 Å². The molecule has 100 valence electrons. The van der Waals surface area contributed by atoms with Crippen molar-refractivity contribution in [3.63, 3.8) is 0 Å². The van der Waals surface area contributed by atoms with Crippen molar-refractivity contribution in [3.8, 4) is 0 Å². The lowest BCUT2D eigenvalue weighted by molar-refractivity contribution is 0.0952. The first-order valence-corrected chi connectivity index (χ1v) is 7.71. The van der Waals surface area contributed by atoms with E-state index in [1.807, 2.05) is 0 Å². The monoisotopic (exact) mass is 351 g/mol. The van der Waals surface area contributed by atoms with E-state index >= 15 is 0 Å². The molecule has 0 heterocycles. The van der Waals surface area contributed by atoms with E-state index in [1.54, 1.807) is 18.2 Å².